The maximum atomic E-state index is 13.4. The fraction of sp³-hybridized carbons (Fsp3) is 0.0667. The summed E-state index contributed by atoms with van der Waals surface area (Å²) in [7, 11) is 1.87. The van der Waals surface area contributed by atoms with Crippen LogP contribution in [0.25, 0.3) is 22.2 Å². The molecule has 0 bridgehead atoms. The molecule has 100 valence electrons. The maximum Gasteiger partial charge on any atom is 0.337 e. The second-order valence-corrected chi connectivity index (χ2v) is 4.55. The van der Waals surface area contributed by atoms with Crippen molar-refractivity contribution in [2.24, 2.45) is 7.05 Å². The zero-order valence-electron chi connectivity index (χ0n) is 10.7. The van der Waals surface area contributed by atoms with Crippen LogP contribution in [0.4, 0.5) is 4.39 Å². The normalized spacial score (nSPS) is 10.9. The summed E-state index contributed by atoms with van der Waals surface area (Å²) in [6.07, 6.45) is 3.16. The maximum absolute atomic E-state index is 13.4. The first-order chi connectivity index (χ1) is 9.56. The van der Waals surface area contributed by atoms with E-state index in [2.05, 4.69) is 4.98 Å². The van der Waals surface area contributed by atoms with Crippen LogP contribution in [0.15, 0.2) is 42.7 Å². The average molecular weight is 270 g/mol. The first kappa shape index (κ1) is 12.3. The zero-order valence-corrected chi connectivity index (χ0v) is 10.7. The van der Waals surface area contributed by atoms with Gasteiger partial charge in [0.05, 0.1) is 11.3 Å². The van der Waals surface area contributed by atoms with Gasteiger partial charge in [-0.15, -0.1) is 0 Å². The fourth-order valence-corrected chi connectivity index (χ4v) is 2.25. The van der Waals surface area contributed by atoms with E-state index in [0.29, 0.717) is 5.69 Å². The van der Waals surface area contributed by atoms with Crippen LogP contribution in [0, 0.1) is 5.82 Å². The first-order valence-corrected chi connectivity index (χ1v) is 6.00. The molecular weight excluding hydrogens is 259 g/mol. The molecule has 0 aliphatic rings. The molecule has 0 fully saturated rings. The number of aromatic carboxylic acids is 1. The van der Waals surface area contributed by atoms with Crippen LogP contribution in [0.5, 0.6) is 0 Å². The lowest BCUT2D eigenvalue weighted by Gasteiger charge is -2.00. The highest BCUT2D eigenvalue weighted by Crippen LogP contribution is 2.29. The number of rotatable bonds is 2. The van der Waals surface area contributed by atoms with Crippen LogP contribution < -0.4 is 0 Å². The Morgan fingerprint density at radius 3 is 2.75 bits per heavy atom. The van der Waals surface area contributed by atoms with E-state index < -0.39 is 5.97 Å². The molecule has 0 radical (unpaired) electrons. The molecule has 20 heavy (non-hydrogen) atoms. The number of benzene rings is 1. The van der Waals surface area contributed by atoms with Crippen LogP contribution >= 0.6 is 0 Å². The molecule has 0 atom stereocenters. The van der Waals surface area contributed by atoms with Gasteiger partial charge in [-0.05, 0) is 30.3 Å². The van der Waals surface area contributed by atoms with Gasteiger partial charge in [0.2, 0.25) is 0 Å². The highest BCUT2D eigenvalue weighted by Gasteiger charge is 2.11. The molecule has 0 unspecified atom stereocenters. The Bertz CT molecular complexity index is 807. The molecule has 4 nitrogen and oxygen atoms in total. The summed E-state index contributed by atoms with van der Waals surface area (Å²) in [5, 5.41) is 9.62. The number of carboxylic acids is 1. The third-order valence-corrected chi connectivity index (χ3v) is 3.24. The molecule has 2 heterocycles. The SMILES string of the molecule is Cn1cc(-c2ccc(C(=O)O)cn2)c2cc(F)ccc21. The number of carbonyl (C=O) groups is 1. The number of aryl methyl sites for hydroxylation is 1. The van der Waals surface area contributed by atoms with Crippen molar-refractivity contribution in [1.29, 1.82) is 0 Å². The predicted octanol–water partition coefficient (Wildman–Crippen LogP) is 3.08. The number of pyridine rings is 1. The molecule has 0 aliphatic heterocycles. The molecule has 0 amide bonds. The van der Waals surface area contributed by atoms with E-state index in [4.69, 9.17) is 5.11 Å². The van der Waals surface area contributed by atoms with Crippen molar-refractivity contribution < 1.29 is 14.3 Å². The van der Waals surface area contributed by atoms with Gasteiger partial charge in [-0.3, -0.25) is 4.98 Å². The standard InChI is InChI=1S/C15H11FN2O2/c1-18-8-12(11-6-10(16)3-5-14(11)18)13-4-2-9(7-17-13)15(19)20/h2-8H,1H3,(H,19,20). The molecule has 0 spiro atoms. The molecule has 5 heteroatoms. The first-order valence-electron chi connectivity index (χ1n) is 6.00. The summed E-state index contributed by atoms with van der Waals surface area (Å²) >= 11 is 0. The van der Waals surface area contributed by atoms with Crippen LogP contribution in [0.3, 0.4) is 0 Å². The van der Waals surface area contributed by atoms with E-state index in [0.717, 1.165) is 16.5 Å². The Labute approximate surface area is 114 Å². The Morgan fingerprint density at radius 1 is 1.30 bits per heavy atom. The second kappa shape index (κ2) is 4.45. The topological polar surface area (TPSA) is 55.1 Å². The summed E-state index contributed by atoms with van der Waals surface area (Å²) in [4.78, 5) is 15.0. The van der Waals surface area contributed by atoms with Crippen LogP contribution in [0.1, 0.15) is 10.4 Å². The van der Waals surface area contributed by atoms with Crippen LogP contribution in [-0.2, 0) is 7.05 Å². The third kappa shape index (κ3) is 1.93. The van der Waals surface area contributed by atoms with Gasteiger partial charge in [-0.2, -0.15) is 0 Å². The van der Waals surface area contributed by atoms with Gasteiger partial charge in [-0.25, -0.2) is 9.18 Å². The number of hydrogen-bond donors (Lipinski definition) is 1. The number of hydrogen-bond acceptors (Lipinski definition) is 2. The van der Waals surface area contributed by atoms with Gasteiger partial charge in [0.15, 0.2) is 0 Å². The Balaban J connectivity index is 2.18. The summed E-state index contributed by atoms with van der Waals surface area (Å²) < 4.78 is 15.3. The molecule has 0 saturated heterocycles. The molecular formula is C15H11FN2O2. The van der Waals surface area contributed by atoms with Crippen molar-refractivity contribution in [3.8, 4) is 11.3 Å². The lowest BCUT2D eigenvalue weighted by molar-refractivity contribution is 0.0696. The predicted molar refractivity (Wildman–Crippen MR) is 73.1 cm³/mol. The third-order valence-electron chi connectivity index (χ3n) is 3.24. The minimum Gasteiger partial charge on any atom is -0.478 e. The molecule has 3 aromatic rings. The lowest BCUT2D eigenvalue weighted by Crippen LogP contribution is -1.96. The number of nitrogens with zero attached hydrogens (tertiary/aromatic N) is 2. The van der Waals surface area contributed by atoms with E-state index in [1.807, 2.05) is 17.8 Å². The largest absolute Gasteiger partial charge is 0.478 e. The average Bonchev–Trinajstić information content (AvgIpc) is 2.75. The van der Waals surface area contributed by atoms with E-state index in [1.54, 1.807) is 12.1 Å². The smallest absolute Gasteiger partial charge is 0.337 e. The molecule has 1 N–H and O–H groups in total. The Morgan fingerprint density at radius 2 is 2.10 bits per heavy atom. The highest BCUT2D eigenvalue weighted by molar-refractivity contribution is 5.95. The summed E-state index contributed by atoms with van der Waals surface area (Å²) in [6.45, 7) is 0. The van der Waals surface area contributed by atoms with Crippen molar-refractivity contribution >= 4 is 16.9 Å². The zero-order chi connectivity index (χ0) is 14.3. The minimum atomic E-state index is -1.02. The molecule has 3 rings (SSSR count). The van der Waals surface area contributed by atoms with E-state index in [1.165, 1.54) is 24.4 Å². The van der Waals surface area contributed by atoms with Crippen LogP contribution in [-0.4, -0.2) is 20.6 Å². The van der Waals surface area contributed by atoms with Gasteiger partial charge >= 0.3 is 5.97 Å². The summed E-state index contributed by atoms with van der Waals surface area (Å²) in [5.74, 6) is -1.33. The van der Waals surface area contributed by atoms with Crippen molar-refractivity contribution in [2.75, 3.05) is 0 Å². The van der Waals surface area contributed by atoms with E-state index >= 15 is 0 Å². The van der Waals surface area contributed by atoms with Gasteiger partial charge in [-0.1, -0.05) is 0 Å². The van der Waals surface area contributed by atoms with Crippen molar-refractivity contribution in [2.45, 2.75) is 0 Å². The quantitative estimate of drug-likeness (QED) is 0.778. The van der Waals surface area contributed by atoms with Crippen molar-refractivity contribution in [1.82, 2.24) is 9.55 Å². The second-order valence-electron chi connectivity index (χ2n) is 4.55. The van der Waals surface area contributed by atoms with E-state index in [-0.39, 0.29) is 11.4 Å². The van der Waals surface area contributed by atoms with Gasteiger partial charge < -0.3 is 9.67 Å². The Hall–Kier alpha value is -2.69. The number of carboxylic acid groups (broad SMARTS) is 1. The fourth-order valence-electron chi connectivity index (χ4n) is 2.25. The molecule has 0 saturated carbocycles. The van der Waals surface area contributed by atoms with Gasteiger partial charge in [0.1, 0.15) is 5.82 Å². The monoisotopic (exact) mass is 270 g/mol. The number of aromatic nitrogens is 2. The van der Waals surface area contributed by atoms with Gasteiger partial charge in [0, 0.05) is 35.9 Å². The summed E-state index contributed by atoms with van der Waals surface area (Å²) in [6, 6.07) is 7.69. The van der Waals surface area contributed by atoms with Crippen molar-refractivity contribution in [3.63, 3.8) is 0 Å². The lowest BCUT2D eigenvalue weighted by atomic mass is 10.1. The number of fused-ring (bicyclic) bond motifs is 1. The number of halogens is 1. The Kier molecular flexibility index (Phi) is 2.75. The van der Waals surface area contributed by atoms with Gasteiger partial charge in [0.25, 0.3) is 0 Å². The minimum absolute atomic E-state index is 0.125. The van der Waals surface area contributed by atoms with E-state index in [9.17, 15) is 9.18 Å². The molecule has 1 aromatic carbocycles. The molecule has 0 aliphatic carbocycles. The highest BCUT2D eigenvalue weighted by atomic mass is 19.1. The van der Waals surface area contributed by atoms with Crippen LogP contribution in [0.2, 0.25) is 0 Å². The van der Waals surface area contributed by atoms with Crippen molar-refractivity contribution in [3.05, 3.63) is 54.1 Å². The summed E-state index contributed by atoms with van der Waals surface area (Å²) in [5.41, 5.74) is 2.41. The molecule has 2 aromatic heterocycles.